The lowest BCUT2D eigenvalue weighted by molar-refractivity contribution is -0.137. The lowest BCUT2D eigenvalue weighted by atomic mass is 10.3. The van der Waals surface area contributed by atoms with Gasteiger partial charge in [-0.05, 0) is 20.3 Å². The normalized spacial score (nSPS) is 14.2. The first kappa shape index (κ1) is 19.3. The fraction of sp³-hybridized carbons (Fsp3) is 0.500. The topological polar surface area (TPSA) is 90.7 Å². The van der Waals surface area contributed by atoms with Crippen LogP contribution in [0.4, 0.5) is 30.6 Å². The predicted octanol–water partition coefficient (Wildman–Crippen LogP) is 3.10. The number of hydrogen-bond donors (Lipinski definition) is 2. The second-order valence-electron chi connectivity index (χ2n) is 5.34. The number of anilines is 3. The molecule has 11 heteroatoms. The summed E-state index contributed by atoms with van der Waals surface area (Å²) in [6.07, 6.45) is -1.68. The van der Waals surface area contributed by atoms with E-state index in [-0.39, 0.29) is 17.0 Å². The summed E-state index contributed by atoms with van der Waals surface area (Å²) < 4.78 is 52.3. The minimum Gasteiger partial charge on any atom is -0.591 e. The zero-order valence-corrected chi connectivity index (χ0v) is 15.0. The molecule has 0 spiro atoms. The second kappa shape index (κ2) is 7.48. The molecule has 0 aliphatic heterocycles. The molecule has 0 saturated carbocycles. The maximum Gasteiger partial charge on any atom is 0.421 e. The van der Waals surface area contributed by atoms with Crippen LogP contribution in [-0.4, -0.2) is 36.0 Å². The van der Waals surface area contributed by atoms with Gasteiger partial charge < -0.3 is 15.2 Å². The van der Waals surface area contributed by atoms with Gasteiger partial charge in [0.2, 0.25) is 5.95 Å². The Hall–Kier alpha value is -2.01. The molecular formula is C14H19F3N6OS. The van der Waals surface area contributed by atoms with Gasteiger partial charge in [0.05, 0.1) is 23.2 Å². The van der Waals surface area contributed by atoms with Crippen LogP contribution in [0.5, 0.6) is 0 Å². The molecule has 138 valence electrons. The predicted molar refractivity (Wildman–Crippen MR) is 90.1 cm³/mol. The number of nitrogens with one attached hydrogen (secondary N) is 2. The van der Waals surface area contributed by atoms with Crippen LogP contribution in [0.1, 0.15) is 31.5 Å². The minimum atomic E-state index is -4.55. The van der Waals surface area contributed by atoms with E-state index in [0.717, 1.165) is 6.42 Å². The van der Waals surface area contributed by atoms with Crippen molar-refractivity contribution in [1.82, 2.24) is 19.2 Å². The molecule has 0 amide bonds. The average molecular weight is 376 g/mol. The van der Waals surface area contributed by atoms with Gasteiger partial charge in [0.25, 0.3) is 0 Å². The maximum absolute atomic E-state index is 12.9. The molecule has 2 heterocycles. The Morgan fingerprint density at radius 1 is 1.36 bits per heavy atom. The molecule has 0 bridgehead atoms. The number of alkyl halides is 3. The summed E-state index contributed by atoms with van der Waals surface area (Å²) in [5, 5.41) is 9.22. The quantitative estimate of drug-likeness (QED) is 0.753. The molecule has 0 aliphatic rings. The zero-order valence-electron chi connectivity index (χ0n) is 14.2. The van der Waals surface area contributed by atoms with Crippen molar-refractivity contribution in [2.24, 2.45) is 0 Å². The Morgan fingerprint density at radius 2 is 2.04 bits per heavy atom. The van der Waals surface area contributed by atoms with Crippen molar-refractivity contribution >= 4 is 28.8 Å². The van der Waals surface area contributed by atoms with E-state index in [1.807, 2.05) is 13.8 Å². The van der Waals surface area contributed by atoms with E-state index >= 15 is 0 Å². The molecule has 0 radical (unpaired) electrons. The number of nitrogens with zero attached hydrogens (tertiary/aromatic N) is 4. The molecular weight excluding hydrogens is 357 g/mol. The fourth-order valence-electron chi connectivity index (χ4n) is 1.97. The molecule has 2 unspecified atom stereocenters. The van der Waals surface area contributed by atoms with Crippen molar-refractivity contribution < 1.29 is 17.7 Å². The molecule has 0 saturated heterocycles. The Balaban J connectivity index is 2.28. The van der Waals surface area contributed by atoms with Crippen molar-refractivity contribution in [3.63, 3.8) is 0 Å². The van der Waals surface area contributed by atoms with Crippen LogP contribution in [0.2, 0.25) is 0 Å². The summed E-state index contributed by atoms with van der Waals surface area (Å²) in [5.74, 6) is -0.354. The van der Waals surface area contributed by atoms with E-state index in [1.54, 1.807) is 6.92 Å². The molecule has 2 rings (SSSR count). The molecule has 25 heavy (non-hydrogen) atoms. The van der Waals surface area contributed by atoms with Crippen molar-refractivity contribution in [1.29, 1.82) is 0 Å². The van der Waals surface area contributed by atoms with Crippen LogP contribution in [0.3, 0.4) is 0 Å². The Morgan fingerprint density at radius 3 is 2.60 bits per heavy atom. The molecule has 2 atom stereocenters. The van der Waals surface area contributed by atoms with Crippen molar-refractivity contribution in [2.75, 3.05) is 17.7 Å². The van der Waals surface area contributed by atoms with Gasteiger partial charge in [0, 0.05) is 13.2 Å². The Labute approximate surface area is 146 Å². The highest BCUT2D eigenvalue weighted by atomic mass is 32.2. The molecule has 2 aromatic rings. The summed E-state index contributed by atoms with van der Waals surface area (Å²) in [5.41, 5.74) is 0.0949. The summed E-state index contributed by atoms with van der Waals surface area (Å²) in [7, 11) is 1.35. The summed E-state index contributed by atoms with van der Waals surface area (Å²) in [4.78, 5) is 7.53. The van der Waals surface area contributed by atoms with Gasteiger partial charge in [0.15, 0.2) is 0 Å². The Bertz CT molecular complexity index is 736. The molecule has 2 N–H and O–H groups in total. The van der Waals surface area contributed by atoms with Gasteiger partial charge >= 0.3 is 6.18 Å². The summed E-state index contributed by atoms with van der Waals surface area (Å²) in [6.45, 7) is 5.48. The lowest BCUT2D eigenvalue weighted by Gasteiger charge is -2.16. The van der Waals surface area contributed by atoms with Crippen molar-refractivity contribution in [3.8, 4) is 0 Å². The van der Waals surface area contributed by atoms with Crippen LogP contribution in [-0.2, 0) is 17.5 Å². The van der Waals surface area contributed by atoms with Crippen LogP contribution in [0, 0.1) is 6.92 Å². The van der Waals surface area contributed by atoms with Crippen LogP contribution in [0.15, 0.2) is 12.4 Å². The van der Waals surface area contributed by atoms with Gasteiger partial charge in [-0.15, -0.1) is 5.10 Å². The van der Waals surface area contributed by atoms with E-state index in [4.69, 9.17) is 0 Å². The fourth-order valence-corrected chi connectivity index (χ4v) is 3.11. The highest BCUT2D eigenvalue weighted by Gasteiger charge is 2.35. The second-order valence-corrected chi connectivity index (χ2v) is 7.04. The SMILES string of the molecule is CCC(C)[S+]([O-])n1ncc(Nc2ncc(C(F)(F)F)c(NC)n2)c1C. The number of halogens is 3. The van der Waals surface area contributed by atoms with E-state index in [1.165, 1.54) is 17.3 Å². The van der Waals surface area contributed by atoms with Gasteiger partial charge in [-0.2, -0.15) is 18.2 Å². The largest absolute Gasteiger partial charge is 0.591 e. The number of aromatic nitrogens is 4. The number of rotatable bonds is 6. The highest BCUT2D eigenvalue weighted by molar-refractivity contribution is 7.90. The molecule has 0 aliphatic carbocycles. The van der Waals surface area contributed by atoms with Crippen LogP contribution in [0.25, 0.3) is 0 Å². The van der Waals surface area contributed by atoms with E-state index in [0.29, 0.717) is 17.6 Å². The molecule has 2 aromatic heterocycles. The van der Waals surface area contributed by atoms with Crippen LogP contribution < -0.4 is 10.6 Å². The minimum absolute atomic E-state index is 0.0191. The van der Waals surface area contributed by atoms with Gasteiger partial charge in [-0.1, -0.05) is 11.0 Å². The standard InChI is InChI=1S/C14H19F3N6OS/c1-5-8(2)25(24)23-9(3)11(7-20-23)21-13-19-6-10(14(15,16)17)12(18-4)22-13/h6-8H,5H2,1-4H3,(H2,18,19,21,22). The maximum atomic E-state index is 12.9. The lowest BCUT2D eigenvalue weighted by Crippen LogP contribution is -2.26. The van der Waals surface area contributed by atoms with E-state index in [2.05, 4.69) is 25.7 Å². The average Bonchev–Trinajstić information content (AvgIpc) is 2.93. The van der Waals surface area contributed by atoms with Crippen molar-refractivity contribution in [2.45, 2.75) is 38.6 Å². The highest BCUT2D eigenvalue weighted by Crippen LogP contribution is 2.34. The van der Waals surface area contributed by atoms with E-state index < -0.39 is 23.1 Å². The zero-order chi connectivity index (χ0) is 18.8. The first-order valence-corrected chi connectivity index (χ1v) is 8.70. The first-order valence-electron chi connectivity index (χ1n) is 7.53. The molecule has 0 fully saturated rings. The van der Waals surface area contributed by atoms with Crippen molar-refractivity contribution in [3.05, 3.63) is 23.7 Å². The number of hydrogen-bond acceptors (Lipinski definition) is 6. The van der Waals surface area contributed by atoms with Crippen LogP contribution >= 0.6 is 0 Å². The summed E-state index contributed by atoms with van der Waals surface area (Å²) >= 11 is -1.33. The summed E-state index contributed by atoms with van der Waals surface area (Å²) in [6, 6.07) is 0. The van der Waals surface area contributed by atoms with Gasteiger partial charge in [-0.3, -0.25) is 0 Å². The monoisotopic (exact) mass is 376 g/mol. The van der Waals surface area contributed by atoms with Gasteiger partial charge in [-0.25, -0.2) is 4.98 Å². The molecule has 0 aromatic carbocycles. The first-order chi connectivity index (χ1) is 11.7. The van der Waals surface area contributed by atoms with Gasteiger partial charge in [0.1, 0.15) is 22.3 Å². The van der Waals surface area contributed by atoms with E-state index in [9.17, 15) is 17.7 Å². The smallest absolute Gasteiger partial charge is 0.421 e. The Kier molecular flexibility index (Phi) is 5.78. The molecule has 7 nitrogen and oxygen atoms in total. The third kappa shape index (κ3) is 4.15. The third-order valence-corrected chi connectivity index (χ3v) is 5.37. The third-order valence-electron chi connectivity index (χ3n) is 3.64.